The van der Waals surface area contributed by atoms with Crippen LogP contribution >= 0.6 is 24.0 Å². The minimum Gasteiger partial charge on any atom is -0.466 e. The van der Waals surface area contributed by atoms with Crippen LogP contribution in [0, 0.1) is 5.92 Å². The number of carbonyl (C=O) groups is 2. The van der Waals surface area contributed by atoms with Crippen molar-refractivity contribution in [2.75, 3.05) is 44.4 Å². The van der Waals surface area contributed by atoms with E-state index in [9.17, 15) is 9.59 Å². The maximum Gasteiger partial charge on any atom is 0.309 e. The van der Waals surface area contributed by atoms with E-state index in [2.05, 4.69) is 11.0 Å². The first-order valence-corrected chi connectivity index (χ1v) is 13.4. The molecular formula is C26H31N3O4S2. The van der Waals surface area contributed by atoms with Crippen LogP contribution in [0.1, 0.15) is 38.7 Å². The number of pyridine rings is 1. The van der Waals surface area contributed by atoms with Gasteiger partial charge in [0, 0.05) is 43.8 Å². The number of amides is 1. The number of fused-ring (bicyclic) bond motifs is 1. The van der Waals surface area contributed by atoms with Gasteiger partial charge in [-0.2, -0.15) is 0 Å². The van der Waals surface area contributed by atoms with Crippen molar-refractivity contribution in [3.63, 3.8) is 0 Å². The molecule has 1 aromatic heterocycles. The number of rotatable bonds is 9. The highest BCUT2D eigenvalue weighted by atomic mass is 32.2. The molecule has 0 aliphatic carbocycles. The van der Waals surface area contributed by atoms with E-state index in [1.807, 2.05) is 44.2 Å². The molecule has 4 rings (SSSR count). The van der Waals surface area contributed by atoms with Crippen molar-refractivity contribution in [3.05, 3.63) is 40.8 Å². The van der Waals surface area contributed by atoms with E-state index in [1.165, 1.54) is 11.8 Å². The van der Waals surface area contributed by atoms with Gasteiger partial charge in [0.2, 0.25) is 0 Å². The Morgan fingerprint density at radius 2 is 2.00 bits per heavy atom. The summed E-state index contributed by atoms with van der Waals surface area (Å²) in [6.07, 6.45) is 4.09. The van der Waals surface area contributed by atoms with Crippen LogP contribution in [0.4, 0.5) is 5.82 Å². The van der Waals surface area contributed by atoms with E-state index < -0.39 is 0 Å². The maximum absolute atomic E-state index is 13.1. The number of aromatic nitrogens is 1. The van der Waals surface area contributed by atoms with Crippen LogP contribution in [-0.2, 0) is 19.1 Å². The Labute approximate surface area is 215 Å². The van der Waals surface area contributed by atoms with Crippen LogP contribution < -0.4 is 4.90 Å². The minimum absolute atomic E-state index is 0.0726. The van der Waals surface area contributed by atoms with Crippen LogP contribution in [0.25, 0.3) is 17.0 Å². The average molecular weight is 514 g/mol. The first kappa shape index (κ1) is 25.6. The molecule has 3 heterocycles. The van der Waals surface area contributed by atoms with E-state index in [4.69, 9.17) is 26.7 Å². The molecule has 9 heteroatoms. The number of ether oxygens (including phenoxy) is 2. The van der Waals surface area contributed by atoms with E-state index in [0.717, 1.165) is 28.7 Å². The summed E-state index contributed by atoms with van der Waals surface area (Å²) in [5.41, 5.74) is 1.78. The normalized spacial score (nSPS) is 18.2. The Morgan fingerprint density at radius 3 is 2.74 bits per heavy atom. The zero-order valence-corrected chi connectivity index (χ0v) is 21.8. The highest BCUT2D eigenvalue weighted by Crippen LogP contribution is 2.36. The summed E-state index contributed by atoms with van der Waals surface area (Å²) < 4.78 is 11.2. The summed E-state index contributed by atoms with van der Waals surface area (Å²) in [5.74, 6) is 0.555. The lowest BCUT2D eigenvalue weighted by atomic mass is 9.96. The van der Waals surface area contributed by atoms with E-state index in [0.29, 0.717) is 61.5 Å². The average Bonchev–Trinajstić information content (AvgIpc) is 3.13. The van der Waals surface area contributed by atoms with Gasteiger partial charge in [0.05, 0.1) is 22.9 Å². The molecule has 2 fully saturated rings. The van der Waals surface area contributed by atoms with Crippen LogP contribution in [-0.4, -0.2) is 65.5 Å². The summed E-state index contributed by atoms with van der Waals surface area (Å²) in [4.78, 5) is 34.8. The van der Waals surface area contributed by atoms with Gasteiger partial charge in [0.15, 0.2) is 0 Å². The molecule has 0 spiro atoms. The second-order valence-corrected chi connectivity index (χ2v) is 10.2. The van der Waals surface area contributed by atoms with Gasteiger partial charge in [-0.05, 0) is 51.3 Å². The number of nitrogens with zero attached hydrogens (tertiary/aromatic N) is 3. The molecule has 2 aliphatic rings. The van der Waals surface area contributed by atoms with Crippen molar-refractivity contribution in [1.29, 1.82) is 0 Å². The van der Waals surface area contributed by atoms with E-state index in [1.54, 1.807) is 4.90 Å². The van der Waals surface area contributed by atoms with Crippen molar-refractivity contribution in [2.45, 2.75) is 33.1 Å². The number of hydrogen-bond acceptors (Lipinski definition) is 8. The van der Waals surface area contributed by atoms with Gasteiger partial charge < -0.3 is 14.4 Å². The first-order chi connectivity index (χ1) is 17.0. The fraction of sp³-hybridized carbons (Fsp3) is 0.462. The number of thiocarbonyl (C=S) groups is 1. The lowest BCUT2D eigenvalue weighted by Gasteiger charge is -2.32. The molecule has 186 valence electrons. The minimum atomic E-state index is -0.119. The molecule has 0 bridgehead atoms. The Morgan fingerprint density at radius 1 is 1.23 bits per heavy atom. The van der Waals surface area contributed by atoms with Crippen LogP contribution in [0.3, 0.4) is 0 Å². The van der Waals surface area contributed by atoms with Gasteiger partial charge in [-0.1, -0.05) is 42.2 Å². The third-order valence-electron chi connectivity index (χ3n) is 6.18. The van der Waals surface area contributed by atoms with Crippen molar-refractivity contribution >= 4 is 63.0 Å². The SMILES string of the molecule is CCOCCCN1C(=O)/C(=C/c2cc3ccccc3nc2N2CCC(C(=O)OCC)CC2)SC1=S. The van der Waals surface area contributed by atoms with Gasteiger partial charge in [0.1, 0.15) is 10.1 Å². The molecular weight excluding hydrogens is 482 g/mol. The number of carbonyl (C=O) groups excluding carboxylic acids is 2. The van der Waals surface area contributed by atoms with Gasteiger partial charge in [-0.15, -0.1) is 0 Å². The summed E-state index contributed by atoms with van der Waals surface area (Å²) in [6.45, 7) is 7.41. The Kier molecular flexibility index (Phi) is 8.75. The molecule has 35 heavy (non-hydrogen) atoms. The van der Waals surface area contributed by atoms with Crippen LogP contribution in [0.2, 0.25) is 0 Å². The molecule has 2 aromatic rings. The fourth-order valence-electron chi connectivity index (χ4n) is 4.37. The first-order valence-electron chi connectivity index (χ1n) is 12.2. The number of benzene rings is 1. The second kappa shape index (κ2) is 12.0. The zero-order valence-electron chi connectivity index (χ0n) is 20.2. The van der Waals surface area contributed by atoms with Crippen molar-refractivity contribution < 1.29 is 19.1 Å². The highest BCUT2D eigenvalue weighted by Gasteiger charge is 2.32. The molecule has 0 radical (unpaired) electrons. The lowest BCUT2D eigenvalue weighted by molar-refractivity contribution is -0.148. The number of anilines is 1. The number of piperidine rings is 1. The molecule has 0 N–H and O–H groups in total. The van der Waals surface area contributed by atoms with E-state index in [-0.39, 0.29) is 17.8 Å². The molecule has 1 amide bonds. The van der Waals surface area contributed by atoms with Gasteiger partial charge in [-0.3, -0.25) is 14.5 Å². The predicted octanol–water partition coefficient (Wildman–Crippen LogP) is 4.64. The maximum atomic E-state index is 13.1. The number of para-hydroxylation sites is 1. The standard InChI is InChI=1S/C26H31N3O4S2/c1-3-32-15-7-12-29-24(30)22(35-26(29)34)17-20-16-19-8-5-6-9-21(19)27-23(20)28-13-10-18(11-14-28)25(31)33-4-2/h5-6,8-9,16-18H,3-4,7,10-15H2,1-2H3/b22-17-. The van der Waals surface area contributed by atoms with E-state index >= 15 is 0 Å². The molecule has 0 unspecified atom stereocenters. The molecule has 0 saturated carbocycles. The fourth-order valence-corrected chi connectivity index (χ4v) is 5.67. The number of hydrogen-bond donors (Lipinski definition) is 0. The van der Waals surface area contributed by atoms with Crippen molar-refractivity contribution in [2.24, 2.45) is 5.92 Å². The van der Waals surface area contributed by atoms with Gasteiger partial charge in [0.25, 0.3) is 5.91 Å². The number of thioether (sulfide) groups is 1. The predicted molar refractivity (Wildman–Crippen MR) is 144 cm³/mol. The molecule has 2 aliphatic heterocycles. The van der Waals surface area contributed by atoms with Crippen molar-refractivity contribution in [3.8, 4) is 0 Å². The quantitative estimate of drug-likeness (QED) is 0.208. The third-order valence-corrected chi connectivity index (χ3v) is 7.56. The molecule has 1 aromatic carbocycles. The Bertz CT molecular complexity index is 1130. The van der Waals surface area contributed by atoms with Crippen molar-refractivity contribution in [1.82, 2.24) is 9.88 Å². The Hall–Kier alpha value is -2.49. The summed E-state index contributed by atoms with van der Waals surface area (Å²) in [7, 11) is 0. The molecule has 2 saturated heterocycles. The largest absolute Gasteiger partial charge is 0.466 e. The summed E-state index contributed by atoms with van der Waals surface area (Å²) in [5, 5.41) is 1.01. The second-order valence-electron chi connectivity index (χ2n) is 8.49. The molecule has 0 atom stereocenters. The monoisotopic (exact) mass is 513 g/mol. The summed E-state index contributed by atoms with van der Waals surface area (Å²) >= 11 is 6.83. The van der Waals surface area contributed by atoms with Crippen LogP contribution in [0.15, 0.2) is 35.2 Å². The van der Waals surface area contributed by atoms with Gasteiger partial charge >= 0.3 is 5.97 Å². The van der Waals surface area contributed by atoms with Gasteiger partial charge in [-0.25, -0.2) is 4.98 Å². The molecule has 7 nitrogen and oxygen atoms in total. The zero-order chi connectivity index (χ0) is 24.8. The lowest BCUT2D eigenvalue weighted by Crippen LogP contribution is -2.37. The van der Waals surface area contributed by atoms with Crippen LogP contribution in [0.5, 0.6) is 0 Å². The number of esters is 1. The highest BCUT2D eigenvalue weighted by molar-refractivity contribution is 8.26. The summed E-state index contributed by atoms with van der Waals surface area (Å²) in [6, 6.07) is 10.0. The smallest absolute Gasteiger partial charge is 0.309 e. The Balaban J connectivity index is 1.58. The third kappa shape index (κ3) is 6.02. The topological polar surface area (TPSA) is 72.0 Å².